The van der Waals surface area contributed by atoms with Gasteiger partial charge in [0.15, 0.2) is 9.84 Å². The summed E-state index contributed by atoms with van der Waals surface area (Å²) in [4.78, 5) is 4.72. The second-order valence-corrected chi connectivity index (χ2v) is 8.31. The Morgan fingerprint density at radius 1 is 1.04 bits per heavy atom. The number of nitrogens with zero attached hydrogens (tertiary/aromatic N) is 4. The van der Waals surface area contributed by atoms with Crippen molar-refractivity contribution >= 4 is 32.6 Å². The van der Waals surface area contributed by atoms with E-state index in [-0.39, 0.29) is 0 Å². The summed E-state index contributed by atoms with van der Waals surface area (Å²) in [5.74, 6) is 0.788. The summed E-state index contributed by atoms with van der Waals surface area (Å²) in [6.07, 6.45) is 4.85. The van der Waals surface area contributed by atoms with Crippen molar-refractivity contribution in [3.05, 3.63) is 60.4 Å². The minimum Gasteiger partial charge on any atom is -0.327 e. The summed E-state index contributed by atoms with van der Waals surface area (Å²) >= 11 is 1.20. The Bertz CT molecular complexity index is 1140. The first-order valence-electron chi connectivity index (χ1n) is 7.53. The van der Waals surface area contributed by atoms with E-state index < -0.39 is 9.84 Å². The topological polar surface area (TPSA) is 77.7 Å². The molecule has 6 nitrogen and oxygen atoms in total. The number of benzene rings is 2. The van der Waals surface area contributed by atoms with Gasteiger partial charge in [-0.05, 0) is 42.0 Å². The third-order valence-electron chi connectivity index (χ3n) is 3.93. The van der Waals surface area contributed by atoms with Crippen molar-refractivity contribution in [3.63, 3.8) is 0 Å². The standard InChI is InChI=1S/C17H14N4O2S2/c1-25(22,23)14-5-3-13(4-6-14)17-18-8-9-21(17)11-12-2-7-15-16(10-12)20-24-19-15/h2-10H,11H2,1H3. The Hall–Kier alpha value is -2.58. The molecule has 0 bridgehead atoms. The van der Waals surface area contributed by atoms with Gasteiger partial charge in [-0.2, -0.15) is 8.75 Å². The van der Waals surface area contributed by atoms with E-state index in [1.165, 1.54) is 18.0 Å². The SMILES string of the molecule is CS(=O)(=O)c1ccc(-c2nccn2Cc2ccc3nsnc3c2)cc1. The Kier molecular flexibility index (Phi) is 3.85. The quantitative estimate of drug-likeness (QED) is 0.552. The molecule has 4 rings (SSSR count). The first-order chi connectivity index (χ1) is 12.0. The maximum atomic E-state index is 11.6. The minimum atomic E-state index is -3.20. The van der Waals surface area contributed by atoms with Gasteiger partial charge >= 0.3 is 0 Å². The van der Waals surface area contributed by atoms with Gasteiger partial charge in [0.2, 0.25) is 0 Å². The van der Waals surface area contributed by atoms with Gasteiger partial charge in [0.1, 0.15) is 16.9 Å². The third kappa shape index (κ3) is 3.18. The Morgan fingerprint density at radius 3 is 2.56 bits per heavy atom. The summed E-state index contributed by atoms with van der Waals surface area (Å²) in [5, 5.41) is 0. The van der Waals surface area contributed by atoms with Crippen LogP contribution in [0.15, 0.2) is 59.8 Å². The van der Waals surface area contributed by atoms with Gasteiger partial charge in [-0.3, -0.25) is 0 Å². The van der Waals surface area contributed by atoms with E-state index in [4.69, 9.17) is 0 Å². The van der Waals surface area contributed by atoms with Crippen LogP contribution in [0.25, 0.3) is 22.4 Å². The molecule has 0 aliphatic rings. The molecule has 0 fully saturated rings. The largest absolute Gasteiger partial charge is 0.327 e. The van der Waals surface area contributed by atoms with E-state index in [0.29, 0.717) is 11.4 Å². The number of rotatable bonds is 4. The molecule has 0 radical (unpaired) electrons. The Morgan fingerprint density at radius 2 is 1.80 bits per heavy atom. The molecule has 25 heavy (non-hydrogen) atoms. The monoisotopic (exact) mass is 370 g/mol. The molecule has 4 aromatic rings. The molecule has 0 N–H and O–H groups in total. The minimum absolute atomic E-state index is 0.302. The second-order valence-electron chi connectivity index (χ2n) is 5.76. The van der Waals surface area contributed by atoms with E-state index in [1.54, 1.807) is 30.5 Å². The van der Waals surface area contributed by atoms with Crippen LogP contribution in [0.1, 0.15) is 5.56 Å². The first kappa shape index (κ1) is 15.9. The van der Waals surface area contributed by atoms with Gasteiger partial charge in [0.05, 0.1) is 16.6 Å². The van der Waals surface area contributed by atoms with Crippen LogP contribution in [0.2, 0.25) is 0 Å². The number of sulfone groups is 1. The van der Waals surface area contributed by atoms with E-state index >= 15 is 0 Å². The average Bonchev–Trinajstić information content (AvgIpc) is 3.23. The zero-order valence-electron chi connectivity index (χ0n) is 13.3. The fourth-order valence-corrected chi connectivity index (χ4v) is 3.82. The molecule has 0 aliphatic carbocycles. The number of aromatic nitrogens is 4. The lowest BCUT2D eigenvalue weighted by Crippen LogP contribution is -2.02. The predicted octanol–water partition coefficient (Wildman–Crippen LogP) is 3.01. The van der Waals surface area contributed by atoms with Crippen LogP contribution in [0.4, 0.5) is 0 Å². The Balaban J connectivity index is 1.66. The number of fused-ring (bicyclic) bond motifs is 1. The van der Waals surface area contributed by atoms with Crippen molar-refractivity contribution in [3.8, 4) is 11.4 Å². The molecule has 0 aliphatic heterocycles. The fraction of sp³-hybridized carbons (Fsp3) is 0.118. The van der Waals surface area contributed by atoms with Gasteiger partial charge < -0.3 is 4.57 Å². The lowest BCUT2D eigenvalue weighted by atomic mass is 10.2. The van der Waals surface area contributed by atoms with Gasteiger partial charge in [0.25, 0.3) is 0 Å². The molecule has 2 heterocycles. The lowest BCUT2D eigenvalue weighted by molar-refractivity contribution is 0.602. The summed E-state index contributed by atoms with van der Waals surface area (Å²) in [5.41, 5.74) is 3.76. The lowest BCUT2D eigenvalue weighted by Gasteiger charge is -2.09. The van der Waals surface area contributed by atoms with Crippen LogP contribution in [0.5, 0.6) is 0 Å². The maximum absolute atomic E-state index is 11.6. The normalized spacial score (nSPS) is 11.9. The molecule has 0 amide bonds. The molecule has 0 unspecified atom stereocenters. The van der Waals surface area contributed by atoms with Gasteiger partial charge in [0, 0.05) is 30.8 Å². The van der Waals surface area contributed by atoms with E-state index in [9.17, 15) is 8.42 Å². The van der Waals surface area contributed by atoms with Crippen molar-refractivity contribution in [2.45, 2.75) is 11.4 Å². The molecule has 2 aromatic carbocycles. The maximum Gasteiger partial charge on any atom is 0.175 e. The average molecular weight is 370 g/mol. The zero-order chi connectivity index (χ0) is 17.4. The summed E-state index contributed by atoms with van der Waals surface area (Å²) in [6.45, 7) is 0.649. The van der Waals surface area contributed by atoms with Crippen LogP contribution in [0.3, 0.4) is 0 Å². The molecular weight excluding hydrogens is 356 g/mol. The van der Waals surface area contributed by atoms with E-state index in [0.717, 1.165) is 28.0 Å². The molecule has 0 saturated heterocycles. The van der Waals surface area contributed by atoms with Gasteiger partial charge in [-0.25, -0.2) is 13.4 Å². The van der Waals surface area contributed by atoms with Crippen LogP contribution >= 0.6 is 11.7 Å². The fourth-order valence-electron chi connectivity index (χ4n) is 2.67. The molecule has 2 aromatic heterocycles. The van der Waals surface area contributed by atoms with E-state index in [2.05, 4.69) is 13.7 Å². The van der Waals surface area contributed by atoms with Crippen LogP contribution in [-0.2, 0) is 16.4 Å². The van der Waals surface area contributed by atoms with Crippen molar-refractivity contribution < 1.29 is 8.42 Å². The second kappa shape index (κ2) is 6.05. The highest BCUT2D eigenvalue weighted by atomic mass is 32.2. The number of hydrogen-bond acceptors (Lipinski definition) is 6. The molecular formula is C17H14N4O2S2. The van der Waals surface area contributed by atoms with Crippen molar-refractivity contribution in [2.24, 2.45) is 0 Å². The van der Waals surface area contributed by atoms with Crippen LogP contribution < -0.4 is 0 Å². The van der Waals surface area contributed by atoms with Crippen molar-refractivity contribution in [1.29, 1.82) is 0 Å². The molecule has 8 heteroatoms. The molecule has 0 spiro atoms. The van der Waals surface area contributed by atoms with Gasteiger partial charge in [-0.1, -0.05) is 6.07 Å². The number of imidazole rings is 1. The third-order valence-corrected chi connectivity index (χ3v) is 5.61. The smallest absolute Gasteiger partial charge is 0.175 e. The first-order valence-corrected chi connectivity index (χ1v) is 10.2. The summed E-state index contributed by atoms with van der Waals surface area (Å²) < 4.78 is 33.7. The van der Waals surface area contributed by atoms with Gasteiger partial charge in [-0.15, -0.1) is 0 Å². The highest BCUT2D eigenvalue weighted by molar-refractivity contribution is 7.90. The highest BCUT2D eigenvalue weighted by Crippen LogP contribution is 2.22. The van der Waals surface area contributed by atoms with Crippen molar-refractivity contribution in [1.82, 2.24) is 18.3 Å². The summed E-state index contributed by atoms with van der Waals surface area (Å²) in [7, 11) is -3.20. The molecule has 0 saturated carbocycles. The Labute approximate surface area is 149 Å². The van der Waals surface area contributed by atoms with Crippen LogP contribution in [-0.4, -0.2) is 33.0 Å². The van der Waals surface area contributed by atoms with Crippen LogP contribution in [0, 0.1) is 0 Å². The van der Waals surface area contributed by atoms with Crippen molar-refractivity contribution in [2.75, 3.05) is 6.26 Å². The summed E-state index contributed by atoms with van der Waals surface area (Å²) in [6, 6.07) is 12.8. The highest BCUT2D eigenvalue weighted by Gasteiger charge is 2.10. The number of hydrogen-bond donors (Lipinski definition) is 0. The van der Waals surface area contributed by atoms with E-state index in [1.807, 2.05) is 29.0 Å². The molecule has 126 valence electrons. The zero-order valence-corrected chi connectivity index (χ0v) is 15.0. The molecule has 0 atom stereocenters. The predicted molar refractivity (Wildman–Crippen MR) is 97.3 cm³/mol.